The molecule has 0 aromatic rings. The highest BCUT2D eigenvalue weighted by Gasteiger charge is 2.17. The van der Waals surface area contributed by atoms with Crippen LogP contribution in [0.2, 0.25) is 0 Å². The van der Waals surface area contributed by atoms with Crippen LogP contribution in [0.25, 0.3) is 0 Å². The smallest absolute Gasteiger partial charge is 0.00796 e. The van der Waals surface area contributed by atoms with E-state index in [0.717, 1.165) is 12.0 Å². The van der Waals surface area contributed by atoms with Gasteiger partial charge in [0.15, 0.2) is 0 Å². The van der Waals surface area contributed by atoms with Crippen LogP contribution < -0.4 is 10.6 Å². The number of likely N-dealkylation sites (tertiary alicyclic amines) is 1. The Morgan fingerprint density at radius 2 is 1.94 bits per heavy atom. The van der Waals surface area contributed by atoms with Gasteiger partial charge in [0.25, 0.3) is 0 Å². The van der Waals surface area contributed by atoms with Gasteiger partial charge in [0.05, 0.1) is 0 Å². The number of rotatable bonds is 4. The summed E-state index contributed by atoms with van der Waals surface area (Å²) in [6, 6.07) is 0.774. The van der Waals surface area contributed by atoms with Crippen LogP contribution in [0.1, 0.15) is 38.5 Å². The Hall–Kier alpha value is -0.120. The molecule has 0 amide bonds. The van der Waals surface area contributed by atoms with Crippen LogP contribution >= 0.6 is 0 Å². The summed E-state index contributed by atoms with van der Waals surface area (Å²) in [5, 5.41) is 7.24. The van der Waals surface area contributed by atoms with Crippen molar-refractivity contribution in [1.82, 2.24) is 15.5 Å². The summed E-state index contributed by atoms with van der Waals surface area (Å²) in [7, 11) is 2.24. The molecule has 0 bridgehead atoms. The highest BCUT2D eigenvalue weighted by molar-refractivity contribution is 4.75. The van der Waals surface area contributed by atoms with E-state index in [1.54, 1.807) is 0 Å². The molecule has 2 saturated heterocycles. The summed E-state index contributed by atoms with van der Waals surface area (Å²) in [4.78, 5) is 2.46. The summed E-state index contributed by atoms with van der Waals surface area (Å²) < 4.78 is 0. The third kappa shape index (κ3) is 4.94. The summed E-state index contributed by atoms with van der Waals surface area (Å²) >= 11 is 0. The van der Waals surface area contributed by atoms with Crippen molar-refractivity contribution in [2.75, 3.05) is 39.8 Å². The Labute approximate surface area is 106 Å². The van der Waals surface area contributed by atoms with E-state index in [-0.39, 0.29) is 0 Å². The molecule has 3 heteroatoms. The third-order valence-electron chi connectivity index (χ3n) is 4.40. The number of nitrogens with one attached hydrogen (secondary N) is 2. The zero-order valence-electron chi connectivity index (χ0n) is 11.4. The Morgan fingerprint density at radius 1 is 1.12 bits per heavy atom. The normalized spacial score (nSPS) is 29.1. The lowest BCUT2D eigenvalue weighted by Gasteiger charge is -2.29. The minimum Gasteiger partial charge on any atom is -0.317 e. The first-order chi connectivity index (χ1) is 8.34. The molecular weight excluding hydrogens is 210 g/mol. The second-order valence-electron chi connectivity index (χ2n) is 5.87. The van der Waals surface area contributed by atoms with Crippen LogP contribution in [-0.2, 0) is 0 Å². The van der Waals surface area contributed by atoms with E-state index in [1.165, 1.54) is 71.2 Å². The van der Waals surface area contributed by atoms with Crippen molar-refractivity contribution in [1.29, 1.82) is 0 Å². The fraction of sp³-hybridized carbons (Fsp3) is 1.00. The monoisotopic (exact) mass is 239 g/mol. The van der Waals surface area contributed by atoms with Gasteiger partial charge in [0, 0.05) is 6.04 Å². The van der Waals surface area contributed by atoms with E-state index in [4.69, 9.17) is 0 Å². The molecule has 0 aromatic heterocycles. The van der Waals surface area contributed by atoms with Gasteiger partial charge in [-0.25, -0.2) is 0 Å². The largest absolute Gasteiger partial charge is 0.317 e. The van der Waals surface area contributed by atoms with Gasteiger partial charge >= 0.3 is 0 Å². The molecule has 2 N–H and O–H groups in total. The van der Waals surface area contributed by atoms with Gasteiger partial charge in [-0.2, -0.15) is 0 Å². The predicted octanol–water partition coefficient (Wildman–Crippen LogP) is 1.45. The van der Waals surface area contributed by atoms with Crippen molar-refractivity contribution in [2.24, 2.45) is 5.92 Å². The molecular formula is C14H29N3. The minimum absolute atomic E-state index is 0.774. The van der Waals surface area contributed by atoms with Crippen LogP contribution in [0, 0.1) is 5.92 Å². The van der Waals surface area contributed by atoms with Crippen molar-refractivity contribution >= 4 is 0 Å². The Morgan fingerprint density at radius 3 is 2.76 bits per heavy atom. The lowest BCUT2D eigenvalue weighted by molar-refractivity contribution is 0.210. The standard InChI is InChI=1S/C14H29N3/c1-17-11-6-13(7-12-17)4-10-16-14-3-2-8-15-9-5-14/h13-16H,2-12H2,1H3. The predicted molar refractivity (Wildman–Crippen MR) is 73.3 cm³/mol. The number of nitrogens with zero attached hydrogens (tertiary/aromatic N) is 1. The zero-order valence-corrected chi connectivity index (χ0v) is 11.4. The molecule has 0 aromatic carbocycles. The van der Waals surface area contributed by atoms with Crippen LogP contribution in [0.3, 0.4) is 0 Å². The van der Waals surface area contributed by atoms with Crippen molar-refractivity contribution in [3.63, 3.8) is 0 Å². The quantitative estimate of drug-likeness (QED) is 0.777. The second kappa shape index (κ2) is 7.34. The van der Waals surface area contributed by atoms with Gasteiger partial charge in [0.1, 0.15) is 0 Å². The van der Waals surface area contributed by atoms with E-state index < -0.39 is 0 Å². The molecule has 2 fully saturated rings. The maximum atomic E-state index is 3.77. The van der Waals surface area contributed by atoms with Gasteiger partial charge in [-0.1, -0.05) is 0 Å². The molecule has 0 radical (unpaired) electrons. The summed E-state index contributed by atoms with van der Waals surface area (Å²) in [5.41, 5.74) is 0. The molecule has 2 aliphatic heterocycles. The first-order valence-electron chi connectivity index (χ1n) is 7.47. The van der Waals surface area contributed by atoms with Crippen molar-refractivity contribution < 1.29 is 0 Å². The van der Waals surface area contributed by atoms with Crippen molar-refractivity contribution in [3.8, 4) is 0 Å². The zero-order chi connectivity index (χ0) is 11.9. The fourth-order valence-corrected chi connectivity index (χ4v) is 3.07. The first kappa shape index (κ1) is 13.3. The van der Waals surface area contributed by atoms with E-state index in [2.05, 4.69) is 22.6 Å². The summed E-state index contributed by atoms with van der Waals surface area (Å²) in [5.74, 6) is 0.975. The third-order valence-corrected chi connectivity index (χ3v) is 4.40. The van der Waals surface area contributed by atoms with Gasteiger partial charge in [0.2, 0.25) is 0 Å². The molecule has 2 rings (SSSR count). The average molecular weight is 239 g/mol. The van der Waals surface area contributed by atoms with Gasteiger partial charge in [-0.05, 0) is 84.2 Å². The maximum absolute atomic E-state index is 3.77. The lowest BCUT2D eigenvalue weighted by atomic mass is 9.93. The highest BCUT2D eigenvalue weighted by atomic mass is 15.1. The Bertz CT molecular complexity index is 192. The second-order valence-corrected chi connectivity index (χ2v) is 5.87. The Kier molecular flexibility index (Phi) is 5.75. The van der Waals surface area contributed by atoms with Gasteiger partial charge in [-0.3, -0.25) is 0 Å². The summed E-state index contributed by atoms with van der Waals surface area (Å²) in [6.45, 7) is 6.26. The number of hydrogen-bond donors (Lipinski definition) is 2. The fourth-order valence-electron chi connectivity index (χ4n) is 3.07. The van der Waals surface area contributed by atoms with Crippen molar-refractivity contribution in [2.45, 2.75) is 44.6 Å². The number of piperidine rings is 1. The van der Waals surface area contributed by atoms with E-state index >= 15 is 0 Å². The van der Waals surface area contributed by atoms with Crippen molar-refractivity contribution in [3.05, 3.63) is 0 Å². The molecule has 1 atom stereocenters. The molecule has 1 unspecified atom stereocenters. The lowest BCUT2D eigenvalue weighted by Crippen LogP contribution is -2.34. The molecule has 2 heterocycles. The first-order valence-corrected chi connectivity index (χ1v) is 7.47. The van der Waals surface area contributed by atoms with E-state index in [9.17, 15) is 0 Å². The SMILES string of the molecule is CN1CCC(CCNC2CCCNCC2)CC1. The van der Waals surface area contributed by atoms with Crippen LogP contribution in [0.15, 0.2) is 0 Å². The van der Waals surface area contributed by atoms with Gasteiger partial charge in [-0.15, -0.1) is 0 Å². The maximum Gasteiger partial charge on any atom is 0.00796 e. The number of hydrogen-bond acceptors (Lipinski definition) is 3. The molecule has 100 valence electrons. The van der Waals surface area contributed by atoms with Gasteiger partial charge < -0.3 is 15.5 Å². The topological polar surface area (TPSA) is 27.3 Å². The molecule has 0 saturated carbocycles. The molecule has 2 aliphatic rings. The van der Waals surface area contributed by atoms with Crippen LogP contribution in [-0.4, -0.2) is 50.7 Å². The minimum atomic E-state index is 0.774. The average Bonchev–Trinajstić information content (AvgIpc) is 2.60. The van der Waals surface area contributed by atoms with E-state index in [1.807, 2.05) is 0 Å². The van der Waals surface area contributed by atoms with Crippen LogP contribution in [0.4, 0.5) is 0 Å². The molecule has 3 nitrogen and oxygen atoms in total. The molecule has 0 spiro atoms. The highest BCUT2D eigenvalue weighted by Crippen LogP contribution is 2.19. The molecule has 17 heavy (non-hydrogen) atoms. The Balaban J connectivity index is 1.55. The molecule has 0 aliphatic carbocycles. The van der Waals surface area contributed by atoms with Crippen LogP contribution in [0.5, 0.6) is 0 Å². The summed E-state index contributed by atoms with van der Waals surface area (Å²) in [6.07, 6.45) is 8.21. The van der Waals surface area contributed by atoms with E-state index in [0.29, 0.717) is 0 Å².